The van der Waals surface area contributed by atoms with Crippen LogP contribution in [-0.2, 0) is 4.79 Å². The van der Waals surface area contributed by atoms with Crippen LogP contribution in [0.4, 0.5) is 0 Å². The van der Waals surface area contributed by atoms with Crippen molar-refractivity contribution in [2.24, 2.45) is 11.8 Å². The van der Waals surface area contributed by atoms with Gasteiger partial charge in [-0.25, -0.2) is 0 Å². The van der Waals surface area contributed by atoms with E-state index in [4.69, 9.17) is 11.6 Å². The van der Waals surface area contributed by atoms with E-state index < -0.39 is 6.10 Å². The first-order valence-corrected chi connectivity index (χ1v) is 8.52. The lowest BCUT2D eigenvalue weighted by molar-refractivity contribution is -0.134. The number of carbonyl (C=O) groups is 2. The molecule has 0 aromatic heterocycles. The van der Waals surface area contributed by atoms with Gasteiger partial charge in [0, 0.05) is 41.9 Å². The summed E-state index contributed by atoms with van der Waals surface area (Å²) in [6, 6.07) is 6.74. The number of hydrogen-bond acceptors (Lipinski definition) is 3. The van der Waals surface area contributed by atoms with Crippen LogP contribution in [0.2, 0.25) is 5.02 Å². The predicted molar refractivity (Wildman–Crippen MR) is 90.5 cm³/mol. The SMILES string of the molecule is C[C@H](CC(=O)N1CCC[C@@H]([C@H](C)O)C1)C(=O)c1ccc(Cl)cc1. The summed E-state index contributed by atoms with van der Waals surface area (Å²) in [7, 11) is 0. The van der Waals surface area contributed by atoms with Gasteiger partial charge in [-0.05, 0) is 44.0 Å². The molecule has 0 spiro atoms. The third-order valence-electron chi connectivity index (χ3n) is 4.55. The minimum atomic E-state index is -0.404. The number of aliphatic hydroxyl groups excluding tert-OH is 1. The van der Waals surface area contributed by atoms with Gasteiger partial charge in [0.25, 0.3) is 0 Å². The number of aliphatic hydroxyl groups is 1. The van der Waals surface area contributed by atoms with Gasteiger partial charge in [0.05, 0.1) is 6.10 Å². The number of nitrogens with zero attached hydrogens (tertiary/aromatic N) is 1. The Kier molecular flexibility index (Phi) is 6.19. The molecular formula is C18H24ClNO3. The fraction of sp³-hybridized carbons (Fsp3) is 0.556. The first-order valence-electron chi connectivity index (χ1n) is 8.14. The van der Waals surface area contributed by atoms with Crippen molar-refractivity contribution in [2.45, 2.75) is 39.2 Å². The lowest BCUT2D eigenvalue weighted by Gasteiger charge is -2.34. The largest absolute Gasteiger partial charge is 0.393 e. The van der Waals surface area contributed by atoms with Crippen LogP contribution in [0.15, 0.2) is 24.3 Å². The van der Waals surface area contributed by atoms with Gasteiger partial charge < -0.3 is 10.0 Å². The quantitative estimate of drug-likeness (QED) is 0.840. The monoisotopic (exact) mass is 337 g/mol. The molecule has 1 aliphatic heterocycles. The number of amides is 1. The third-order valence-corrected chi connectivity index (χ3v) is 4.80. The summed E-state index contributed by atoms with van der Waals surface area (Å²) >= 11 is 5.83. The fourth-order valence-corrected chi connectivity index (χ4v) is 3.14. The van der Waals surface area contributed by atoms with E-state index in [0.29, 0.717) is 23.7 Å². The van der Waals surface area contributed by atoms with Crippen molar-refractivity contribution in [2.75, 3.05) is 13.1 Å². The Morgan fingerprint density at radius 1 is 1.30 bits per heavy atom. The number of rotatable bonds is 5. The molecule has 1 amide bonds. The van der Waals surface area contributed by atoms with E-state index >= 15 is 0 Å². The minimum absolute atomic E-state index is 0.00911. The highest BCUT2D eigenvalue weighted by Gasteiger charge is 2.28. The second-order valence-electron chi connectivity index (χ2n) is 6.46. The van der Waals surface area contributed by atoms with Crippen molar-refractivity contribution in [3.05, 3.63) is 34.9 Å². The van der Waals surface area contributed by atoms with Crippen molar-refractivity contribution < 1.29 is 14.7 Å². The van der Waals surface area contributed by atoms with E-state index in [1.807, 2.05) is 0 Å². The molecule has 0 unspecified atom stereocenters. The topological polar surface area (TPSA) is 57.6 Å². The maximum absolute atomic E-state index is 12.4. The van der Waals surface area contributed by atoms with Crippen LogP contribution >= 0.6 is 11.6 Å². The summed E-state index contributed by atoms with van der Waals surface area (Å²) in [5.41, 5.74) is 0.579. The number of hydrogen-bond donors (Lipinski definition) is 1. The average molecular weight is 338 g/mol. The van der Waals surface area contributed by atoms with E-state index in [1.54, 1.807) is 43.0 Å². The highest BCUT2D eigenvalue weighted by molar-refractivity contribution is 6.30. The Bertz CT molecular complexity index is 556. The molecule has 126 valence electrons. The van der Waals surface area contributed by atoms with Crippen molar-refractivity contribution in [3.8, 4) is 0 Å². The summed E-state index contributed by atoms with van der Waals surface area (Å²) < 4.78 is 0. The lowest BCUT2D eigenvalue weighted by atomic mass is 9.92. The smallest absolute Gasteiger partial charge is 0.223 e. The number of Topliss-reactive ketones (excluding diaryl/α,β-unsaturated/α-hetero) is 1. The van der Waals surface area contributed by atoms with Gasteiger partial charge in [0.15, 0.2) is 5.78 Å². The summed E-state index contributed by atoms with van der Waals surface area (Å²) in [6.45, 7) is 4.85. The van der Waals surface area contributed by atoms with E-state index in [1.165, 1.54) is 0 Å². The second kappa shape index (κ2) is 7.93. The number of piperidine rings is 1. The lowest BCUT2D eigenvalue weighted by Crippen LogP contribution is -2.43. The molecule has 0 aliphatic carbocycles. The summed E-state index contributed by atoms with van der Waals surface area (Å²) in [6.07, 6.45) is 1.65. The molecule has 5 heteroatoms. The Balaban J connectivity index is 1.93. The third kappa shape index (κ3) is 4.79. The molecule has 0 saturated carbocycles. The van der Waals surface area contributed by atoms with Crippen molar-refractivity contribution in [3.63, 3.8) is 0 Å². The molecule has 23 heavy (non-hydrogen) atoms. The maximum atomic E-state index is 12.4. The van der Waals surface area contributed by atoms with Gasteiger partial charge >= 0.3 is 0 Å². The molecule has 4 nitrogen and oxygen atoms in total. The van der Waals surface area contributed by atoms with Gasteiger partial charge in [-0.2, -0.15) is 0 Å². The molecule has 0 bridgehead atoms. The van der Waals surface area contributed by atoms with Gasteiger partial charge in [-0.3, -0.25) is 9.59 Å². The second-order valence-corrected chi connectivity index (χ2v) is 6.90. The van der Waals surface area contributed by atoms with Crippen LogP contribution < -0.4 is 0 Å². The fourth-order valence-electron chi connectivity index (χ4n) is 3.01. The highest BCUT2D eigenvalue weighted by atomic mass is 35.5. The maximum Gasteiger partial charge on any atom is 0.223 e. The van der Waals surface area contributed by atoms with Crippen LogP contribution in [0.1, 0.15) is 43.5 Å². The Morgan fingerprint density at radius 2 is 1.96 bits per heavy atom. The molecule has 2 rings (SSSR count). The predicted octanol–water partition coefficient (Wildman–Crippen LogP) is 3.17. The van der Waals surface area contributed by atoms with Gasteiger partial charge in [0.2, 0.25) is 5.91 Å². The van der Waals surface area contributed by atoms with Crippen LogP contribution in [-0.4, -0.2) is 40.9 Å². The Labute approximate surface area is 142 Å². The number of halogens is 1. The molecule has 0 radical (unpaired) electrons. The van der Waals surface area contributed by atoms with E-state index in [0.717, 1.165) is 12.8 Å². The highest BCUT2D eigenvalue weighted by Crippen LogP contribution is 2.22. The van der Waals surface area contributed by atoms with Crippen molar-refractivity contribution >= 4 is 23.3 Å². The van der Waals surface area contributed by atoms with Crippen LogP contribution in [0.3, 0.4) is 0 Å². The first-order chi connectivity index (χ1) is 10.9. The normalized spacial score (nSPS) is 20.9. The van der Waals surface area contributed by atoms with Crippen LogP contribution in [0.5, 0.6) is 0 Å². The van der Waals surface area contributed by atoms with Gasteiger partial charge in [-0.1, -0.05) is 18.5 Å². The number of ketones is 1. The first kappa shape index (κ1) is 18.0. The Hall–Kier alpha value is -1.39. The molecular weight excluding hydrogens is 314 g/mol. The zero-order chi connectivity index (χ0) is 17.0. The van der Waals surface area contributed by atoms with Crippen LogP contribution in [0.25, 0.3) is 0 Å². The molecule has 1 aliphatic rings. The van der Waals surface area contributed by atoms with Crippen molar-refractivity contribution in [1.29, 1.82) is 0 Å². The summed E-state index contributed by atoms with van der Waals surface area (Å²) in [5.74, 6) is -0.283. The van der Waals surface area contributed by atoms with Crippen molar-refractivity contribution in [1.82, 2.24) is 4.90 Å². The van der Waals surface area contributed by atoms with Gasteiger partial charge in [0.1, 0.15) is 0 Å². The minimum Gasteiger partial charge on any atom is -0.393 e. The van der Waals surface area contributed by atoms with E-state index in [9.17, 15) is 14.7 Å². The average Bonchev–Trinajstić information content (AvgIpc) is 2.54. The number of likely N-dealkylation sites (tertiary alicyclic amines) is 1. The molecule has 1 aromatic rings. The van der Waals surface area contributed by atoms with E-state index in [-0.39, 0.29) is 29.9 Å². The summed E-state index contributed by atoms with van der Waals surface area (Å²) in [4.78, 5) is 26.6. The summed E-state index contributed by atoms with van der Waals surface area (Å²) in [5, 5.41) is 10.3. The Morgan fingerprint density at radius 3 is 2.57 bits per heavy atom. The molecule has 1 N–H and O–H groups in total. The van der Waals surface area contributed by atoms with E-state index in [2.05, 4.69) is 0 Å². The molecule has 3 atom stereocenters. The van der Waals surface area contributed by atoms with Crippen LogP contribution in [0, 0.1) is 11.8 Å². The number of benzene rings is 1. The zero-order valence-electron chi connectivity index (χ0n) is 13.7. The standard InChI is InChI=1S/C18H24ClNO3/c1-12(18(23)14-5-7-16(19)8-6-14)10-17(22)20-9-3-4-15(11-20)13(2)21/h5-8,12-13,15,21H,3-4,9-11H2,1-2H3/t12-,13+,15-/m1/s1. The molecule has 1 saturated heterocycles. The van der Waals surface area contributed by atoms with Gasteiger partial charge in [-0.15, -0.1) is 0 Å². The molecule has 1 aromatic carbocycles. The molecule has 1 heterocycles. The number of carbonyl (C=O) groups excluding carboxylic acids is 2. The molecule has 1 fully saturated rings. The zero-order valence-corrected chi connectivity index (χ0v) is 14.4.